The molecule has 3 nitrogen and oxygen atoms in total. The van der Waals surface area contributed by atoms with Crippen molar-refractivity contribution in [1.82, 2.24) is 0 Å². The first-order valence-electron chi connectivity index (χ1n) is 18.3. The largest absolute Gasteiger partial charge is 0.478 e. The Morgan fingerprint density at radius 1 is 0.952 bits per heavy atom. The van der Waals surface area contributed by atoms with Crippen LogP contribution in [0.5, 0.6) is 0 Å². The van der Waals surface area contributed by atoms with Gasteiger partial charge >= 0.3 is 5.97 Å². The summed E-state index contributed by atoms with van der Waals surface area (Å²) in [5.74, 6) is 4.84. The minimum atomic E-state index is -0.843. The van der Waals surface area contributed by atoms with Gasteiger partial charge in [-0.05, 0) is 116 Å². The Labute approximate surface area is 259 Å². The summed E-state index contributed by atoms with van der Waals surface area (Å²) in [5.41, 5.74) is 2.47. The normalized spacial score (nSPS) is 36.9. The van der Waals surface area contributed by atoms with Crippen LogP contribution >= 0.6 is 0 Å². The minimum absolute atomic E-state index is 0.142. The van der Waals surface area contributed by atoms with Gasteiger partial charge in [-0.25, -0.2) is 4.79 Å². The fourth-order valence-electron chi connectivity index (χ4n) is 10.9. The summed E-state index contributed by atoms with van der Waals surface area (Å²) in [6, 6.07) is 0. The van der Waals surface area contributed by atoms with Crippen molar-refractivity contribution < 1.29 is 15.0 Å². The van der Waals surface area contributed by atoms with Crippen LogP contribution in [0.1, 0.15) is 157 Å². The molecular weight excluding hydrogens is 516 g/mol. The van der Waals surface area contributed by atoms with E-state index in [1.165, 1.54) is 109 Å². The lowest BCUT2D eigenvalue weighted by atomic mass is 9.46. The average molecular weight is 583 g/mol. The van der Waals surface area contributed by atoms with E-state index in [-0.39, 0.29) is 6.10 Å². The van der Waals surface area contributed by atoms with Crippen molar-refractivity contribution in [2.45, 2.75) is 163 Å². The molecule has 0 spiro atoms. The molecule has 0 aromatic heterocycles. The third-order valence-corrected chi connectivity index (χ3v) is 13.2. The summed E-state index contributed by atoms with van der Waals surface area (Å²) in [7, 11) is 0. The number of aliphatic carboxylic acids is 1. The molecule has 2 N–H and O–H groups in total. The first kappa shape index (κ1) is 33.8. The number of hydrogen-bond donors (Lipinski definition) is 2. The fraction of sp³-hybridized carbons (Fsp3) is 0.872. The van der Waals surface area contributed by atoms with Gasteiger partial charge in [-0.3, -0.25) is 0 Å². The molecule has 240 valence electrons. The molecule has 0 bridgehead atoms. The number of rotatable bonds is 16. The number of carbonyl (C=O) groups is 1. The highest BCUT2D eigenvalue weighted by molar-refractivity contribution is 5.79. The van der Waals surface area contributed by atoms with Gasteiger partial charge in [0.2, 0.25) is 0 Å². The molecule has 4 rings (SSSR count). The molecule has 0 saturated heterocycles. The summed E-state index contributed by atoms with van der Waals surface area (Å²) in [4.78, 5) is 10.5. The van der Waals surface area contributed by atoms with E-state index in [4.69, 9.17) is 5.11 Å². The van der Waals surface area contributed by atoms with Crippen LogP contribution in [0.3, 0.4) is 0 Å². The molecule has 0 aliphatic heterocycles. The molecule has 0 aromatic carbocycles. The summed E-state index contributed by atoms with van der Waals surface area (Å²) in [6.45, 7) is 12.6. The van der Waals surface area contributed by atoms with Gasteiger partial charge in [-0.2, -0.15) is 0 Å². The van der Waals surface area contributed by atoms with Crippen LogP contribution in [0.15, 0.2) is 23.8 Å². The SMILES string of the molecule is CC(C)CCC[C@@H](C)[C@H]1CC[C@H]2[C@@H]3CC=C4CC(O)C(CCCCCCCCCC=CC(=O)O)C[C@]4(C)[C@H]3CC[C@]12C. The van der Waals surface area contributed by atoms with E-state index in [0.717, 1.165) is 54.8 Å². The van der Waals surface area contributed by atoms with Crippen molar-refractivity contribution in [3.8, 4) is 0 Å². The van der Waals surface area contributed by atoms with Gasteiger partial charge in [-0.1, -0.05) is 110 Å². The Kier molecular flexibility index (Phi) is 12.3. The average Bonchev–Trinajstić information content (AvgIpc) is 3.29. The van der Waals surface area contributed by atoms with Crippen LogP contribution < -0.4 is 0 Å². The maximum absolute atomic E-state index is 11.2. The van der Waals surface area contributed by atoms with Gasteiger partial charge in [0.15, 0.2) is 0 Å². The number of aliphatic hydroxyl groups is 1. The van der Waals surface area contributed by atoms with Gasteiger partial charge in [0.1, 0.15) is 0 Å². The van der Waals surface area contributed by atoms with Crippen LogP contribution in [0.2, 0.25) is 0 Å². The van der Waals surface area contributed by atoms with Crippen LogP contribution in [0.4, 0.5) is 0 Å². The Hall–Kier alpha value is -1.09. The first-order valence-corrected chi connectivity index (χ1v) is 18.3. The standard InChI is InChI=1S/C39H66O3/c1-28(2)16-15-17-29(3)33-22-23-34-32-21-20-31-26-36(40)30(27-39(31,5)35(32)24-25-38(33,34)4)18-13-11-9-7-6-8-10-12-14-19-37(41)42/h14,19-20,28-30,32-36,40H,6-13,15-18,21-27H2,1-5H3,(H,41,42)/t29-,30?,32+,33-,34+,35+,36?,38-,39+/m1/s1. The second kappa shape index (κ2) is 15.3. The Balaban J connectivity index is 1.25. The molecule has 0 amide bonds. The molecule has 0 heterocycles. The smallest absolute Gasteiger partial charge is 0.327 e. The number of hydrogen-bond acceptors (Lipinski definition) is 2. The highest BCUT2D eigenvalue weighted by atomic mass is 16.4. The molecule has 4 aliphatic carbocycles. The van der Waals surface area contributed by atoms with Crippen molar-refractivity contribution in [2.75, 3.05) is 0 Å². The molecule has 9 atom stereocenters. The topological polar surface area (TPSA) is 57.5 Å². The molecular formula is C39H66O3. The Morgan fingerprint density at radius 3 is 2.38 bits per heavy atom. The van der Waals surface area contributed by atoms with Gasteiger partial charge in [-0.15, -0.1) is 0 Å². The number of fused-ring (bicyclic) bond motifs is 5. The lowest BCUT2D eigenvalue weighted by Gasteiger charge is -2.59. The Morgan fingerprint density at radius 2 is 1.67 bits per heavy atom. The number of carboxylic acid groups (broad SMARTS) is 1. The quantitative estimate of drug-likeness (QED) is 0.108. The number of aliphatic hydroxyl groups excluding tert-OH is 1. The molecule has 0 radical (unpaired) electrons. The maximum Gasteiger partial charge on any atom is 0.327 e. The summed E-state index contributed by atoms with van der Waals surface area (Å²) < 4.78 is 0. The molecule has 2 unspecified atom stereocenters. The van der Waals surface area contributed by atoms with E-state index < -0.39 is 5.97 Å². The van der Waals surface area contributed by atoms with E-state index in [0.29, 0.717) is 16.7 Å². The number of carboxylic acids is 1. The summed E-state index contributed by atoms with van der Waals surface area (Å²) in [5, 5.41) is 19.9. The number of unbranched alkanes of at least 4 members (excludes halogenated alkanes) is 7. The zero-order valence-electron chi connectivity index (χ0n) is 28.1. The zero-order chi connectivity index (χ0) is 30.3. The fourth-order valence-corrected chi connectivity index (χ4v) is 10.9. The third kappa shape index (κ3) is 7.94. The maximum atomic E-state index is 11.2. The molecule has 0 aromatic rings. The second-order valence-electron chi connectivity index (χ2n) is 16.3. The second-order valence-corrected chi connectivity index (χ2v) is 16.3. The van der Waals surface area contributed by atoms with Gasteiger partial charge in [0.05, 0.1) is 6.10 Å². The monoisotopic (exact) mass is 583 g/mol. The van der Waals surface area contributed by atoms with Crippen molar-refractivity contribution in [3.63, 3.8) is 0 Å². The molecule has 4 aliphatic rings. The van der Waals surface area contributed by atoms with Gasteiger partial charge in [0.25, 0.3) is 0 Å². The molecule has 3 heteroatoms. The molecule has 42 heavy (non-hydrogen) atoms. The molecule has 3 fully saturated rings. The lowest BCUT2D eigenvalue weighted by molar-refractivity contribution is -0.131. The van der Waals surface area contributed by atoms with E-state index in [9.17, 15) is 9.90 Å². The van der Waals surface area contributed by atoms with Crippen molar-refractivity contribution in [1.29, 1.82) is 0 Å². The minimum Gasteiger partial charge on any atom is -0.478 e. The van der Waals surface area contributed by atoms with Crippen molar-refractivity contribution in [3.05, 3.63) is 23.8 Å². The summed E-state index contributed by atoms with van der Waals surface area (Å²) >= 11 is 0. The van der Waals surface area contributed by atoms with Crippen LogP contribution in [0.25, 0.3) is 0 Å². The summed E-state index contributed by atoms with van der Waals surface area (Å²) in [6.07, 6.45) is 29.6. The van der Waals surface area contributed by atoms with Gasteiger partial charge < -0.3 is 10.2 Å². The van der Waals surface area contributed by atoms with Crippen molar-refractivity contribution in [2.24, 2.45) is 52.3 Å². The van der Waals surface area contributed by atoms with Crippen molar-refractivity contribution >= 4 is 5.97 Å². The third-order valence-electron chi connectivity index (χ3n) is 13.2. The van der Waals surface area contributed by atoms with Crippen LogP contribution in [0, 0.1) is 52.3 Å². The zero-order valence-corrected chi connectivity index (χ0v) is 28.1. The van der Waals surface area contributed by atoms with E-state index in [1.807, 2.05) is 0 Å². The van der Waals surface area contributed by atoms with E-state index >= 15 is 0 Å². The predicted molar refractivity (Wildman–Crippen MR) is 176 cm³/mol. The van der Waals surface area contributed by atoms with Crippen LogP contribution in [-0.2, 0) is 4.79 Å². The van der Waals surface area contributed by atoms with E-state index in [2.05, 4.69) is 40.7 Å². The predicted octanol–water partition coefficient (Wildman–Crippen LogP) is 10.8. The van der Waals surface area contributed by atoms with Gasteiger partial charge in [0, 0.05) is 6.08 Å². The highest BCUT2D eigenvalue weighted by Gasteiger charge is 2.59. The van der Waals surface area contributed by atoms with E-state index in [1.54, 1.807) is 11.6 Å². The molecule has 3 saturated carbocycles. The number of allylic oxidation sites excluding steroid dienone is 2. The highest BCUT2D eigenvalue weighted by Crippen LogP contribution is 2.67. The lowest BCUT2D eigenvalue weighted by Crippen LogP contribution is -2.52. The van der Waals surface area contributed by atoms with Crippen LogP contribution in [-0.4, -0.2) is 22.3 Å². The Bertz CT molecular complexity index is 919. The first-order chi connectivity index (χ1) is 20.1.